The number of nitrogens with zero attached hydrogens (tertiary/aromatic N) is 2. The van der Waals surface area contributed by atoms with Crippen LogP contribution in [0.15, 0.2) is 82.5 Å². The highest BCUT2D eigenvalue weighted by atomic mass is 32.1. The molecule has 1 amide bonds. The Balaban J connectivity index is 1.85. The third-order valence-electron chi connectivity index (χ3n) is 4.16. The zero-order valence-electron chi connectivity index (χ0n) is 14.8. The number of carbonyl (C=O) groups excluding carboxylic acids is 1. The number of para-hydroxylation sites is 1. The first-order chi connectivity index (χ1) is 13.9. The lowest BCUT2D eigenvalue weighted by atomic mass is 10.1. The molecule has 0 bridgehead atoms. The van der Waals surface area contributed by atoms with Crippen molar-refractivity contribution in [3.8, 4) is 16.9 Å². The number of amides is 1. The van der Waals surface area contributed by atoms with E-state index in [2.05, 4.69) is 4.99 Å². The number of halogens is 3. The molecule has 2 aromatic heterocycles. The minimum absolute atomic E-state index is 0.356. The molecular formula is C21H13F3N2OS2. The lowest BCUT2D eigenvalue weighted by molar-refractivity contribution is -0.137. The average Bonchev–Trinajstić information content (AvgIpc) is 3.38. The van der Waals surface area contributed by atoms with Crippen LogP contribution in [0.1, 0.15) is 15.2 Å². The van der Waals surface area contributed by atoms with Gasteiger partial charge in [-0.05, 0) is 41.3 Å². The van der Waals surface area contributed by atoms with Gasteiger partial charge in [0.25, 0.3) is 5.91 Å². The normalized spacial score (nSPS) is 12.3. The van der Waals surface area contributed by atoms with Gasteiger partial charge in [0.2, 0.25) is 0 Å². The molecule has 29 heavy (non-hydrogen) atoms. The average molecular weight is 430 g/mol. The highest BCUT2D eigenvalue weighted by Gasteiger charge is 2.30. The van der Waals surface area contributed by atoms with E-state index in [1.54, 1.807) is 27.5 Å². The van der Waals surface area contributed by atoms with Crippen molar-refractivity contribution in [3.05, 3.63) is 92.7 Å². The number of benzene rings is 2. The van der Waals surface area contributed by atoms with E-state index in [0.717, 1.165) is 17.8 Å². The summed E-state index contributed by atoms with van der Waals surface area (Å²) >= 11 is 2.56. The van der Waals surface area contributed by atoms with Gasteiger partial charge < -0.3 is 0 Å². The summed E-state index contributed by atoms with van der Waals surface area (Å²) in [6.45, 7) is 0. The standard InChI is InChI=1S/C21H13F3N2OS2/c22-21(23,24)15-10-8-14(9-11-15)17-13-29-20(25-19(27)18-7-4-12-28-18)26(17)16-5-2-1-3-6-16/h1-13H. The van der Waals surface area contributed by atoms with Crippen molar-refractivity contribution in [1.29, 1.82) is 0 Å². The number of alkyl halides is 3. The number of carbonyl (C=O) groups is 1. The second-order valence-electron chi connectivity index (χ2n) is 6.04. The highest BCUT2D eigenvalue weighted by Crippen LogP contribution is 2.31. The maximum Gasteiger partial charge on any atom is 0.416 e. The summed E-state index contributed by atoms with van der Waals surface area (Å²) < 4.78 is 40.5. The molecule has 0 aliphatic carbocycles. The third kappa shape index (κ3) is 4.08. The monoisotopic (exact) mass is 430 g/mol. The van der Waals surface area contributed by atoms with Gasteiger partial charge in [0.1, 0.15) is 0 Å². The van der Waals surface area contributed by atoms with Crippen LogP contribution >= 0.6 is 22.7 Å². The first-order valence-corrected chi connectivity index (χ1v) is 10.3. The lowest BCUT2D eigenvalue weighted by Crippen LogP contribution is -2.16. The number of hydrogen-bond donors (Lipinski definition) is 0. The largest absolute Gasteiger partial charge is 0.416 e. The fourth-order valence-corrected chi connectivity index (χ4v) is 4.30. The Morgan fingerprint density at radius 2 is 1.62 bits per heavy atom. The van der Waals surface area contributed by atoms with Crippen LogP contribution in [0.5, 0.6) is 0 Å². The maximum absolute atomic E-state index is 12.9. The SMILES string of the molecule is O=C(N=c1scc(-c2ccc(C(F)(F)F)cc2)n1-c1ccccc1)c1cccs1. The van der Waals surface area contributed by atoms with Crippen LogP contribution in [0.25, 0.3) is 16.9 Å². The van der Waals surface area contributed by atoms with Crippen LogP contribution in [-0.4, -0.2) is 10.5 Å². The van der Waals surface area contributed by atoms with Crippen LogP contribution in [0.3, 0.4) is 0 Å². The van der Waals surface area contributed by atoms with Crippen LogP contribution in [-0.2, 0) is 6.18 Å². The Bertz CT molecular complexity index is 1190. The molecule has 0 aliphatic rings. The van der Waals surface area contributed by atoms with Crippen LogP contribution in [0.4, 0.5) is 13.2 Å². The van der Waals surface area contributed by atoms with Crippen molar-refractivity contribution in [2.24, 2.45) is 4.99 Å². The fraction of sp³-hybridized carbons (Fsp3) is 0.0476. The van der Waals surface area contributed by atoms with E-state index in [-0.39, 0.29) is 5.91 Å². The Labute approximate surface area is 172 Å². The molecule has 0 radical (unpaired) electrons. The van der Waals surface area contributed by atoms with Gasteiger partial charge in [-0.3, -0.25) is 9.36 Å². The summed E-state index contributed by atoms with van der Waals surface area (Å²) in [4.78, 5) is 17.7. The van der Waals surface area contributed by atoms with Crippen molar-refractivity contribution in [1.82, 2.24) is 4.57 Å². The lowest BCUT2D eigenvalue weighted by Gasteiger charge is -2.11. The summed E-state index contributed by atoms with van der Waals surface area (Å²) in [7, 11) is 0. The van der Waals surface area contributed by atoms with E-state index >= 15 is 0 Å². The van der Waals surface area contributed by atoms with Crippen molar-refractivity contribution >= 4 is 28.6 Å². The number of hydrogen-bond acceptors (Lipinski definition) is 3. The third-order valence-corrected chi connectivity index (χ3v) is 5.84. The molecule has 0 atom stereocenters. The predicted molar refractivity (Wildman–Crippen MR) is 108 cm³/mol. The van der Waals surface area contributed by atoms with Crippen molar-refractivity contribution in [3.63, 3.8) is 0 Å². The zero-order valence-corrected chi connectivity index (χ0v) is 16.4. The van der Waals surface area contributed by atoms with E-state index < -0.39 is 11.7 Å². The molecule has 0 unspecified atom stereocenters. The first-order valence-electron chi connectivity index (χ1n) is 8.49. The molecular weight excluding hydrogens is 417 g/mol. The molecule has 4 aromatic rings. The fourth-order valence-electron chi connectivity index (χ4n) is 2.79. The van der Waals surface area contributed by atoms with Crippen molar-refractivity contribution in [2.75, 3.05) is 0 Å². The minimum Gasteiger partial charge on any atom is -0.285 e. The summed E-state index contributed by atoms with van der Waals surface area (Å²) in [6, 6.07) is 17.7. The van der Waals surface area contributed by atoms with Crippen molar-refractivity contribution < 1.29 is 18.0 Å². The number of thiazole rings is 1. The van der Waals surface area contributed by atoms with Gasteiger partial charge in [0, 0.05) is 11.1 Å². The van der Waals surface area contributed by atoms with E-state index in [1.165, 1.54) is 34.8 Å². The van der Waals surface area contributed by atoms with E-state index in [1.807, 2.05) is 30.3 Å². The minimum atomic E-state index is -4.39. The van der Waals surface area contributed by atoms with Crippen LogP contribution in [0.2, 0.25) is 0 Å². The molecule has 3 nitrogen and oxygen atoms in total. The highest BCUT2D eigenvalue weighted by molar-refractivity contribution is 7.12. The van der Waals surface area contributed by atoms with E-state index in [0.29, 0.717) is 20.9 Å². The Morgan fingerprint density at radius 1 is 0.897 bits per heavy atom. The molecule has 4 rings (SSSR count). The summed E-state index contributed by atoms with van der Waals surface area (Å²) in [6.07, 6.45) is -4.39. The maximum atomic E-state index is 12.9. The molecule has 2 aromatic carbocycles. The second-order valence-corrected chi connectivity index (χ2v) is 7.83. The second kappa shape index (κ2) is 7.81. The van der Waals surface area contributed by atoms with Crippen LogP contribution in [0, 0.1) is 0 Å². The molecule has 0 fully saturated rings. The van der Waals surface area contributed by atoms with E-state index in [9.17, 15) is 18.0 Å². The summed E-state index contributed by atoms with van der Waals surface area (Å²) in [5.41, 5.74) is 1.32. The Kier molecular flexibility index (Phi) is 5.21. The zero-order chi connectivity index (χ0) is 20.4. The van der Waals surface area contributed by atoms with Gasteiger partial charge in [-0.1, -0.05) is 36.4 Å². The van der Waals surface area contributed by atoms with Gasteiger partial charge in [0.15, 0.2) is 4.80 Å². The molecule has 8 heteroatoms. The summed E-state index contributed by atoms with van der Waals surface area (Å²) in [5.74, 6) is -0.356. The van der Waals surface area contributed by atoms with Crippen LogP contribution < -0.4 is 4.80 Å². The number of thiophene rings is 1. The van der Waals surface area contributed by atoms with Gasteiger partial charge in [-0.15, -0.1) is 22.7 Å². The quantitative estimate of drug-likeness (QED) is 0.391. The molecule has 146 valence electrons. The summed E-state index contributed by atoms with van der Waals surface area (Å²) in [5, 5.41) is 3.59. The smallest absolute Gasteiger partial charge is 0.285 e. The molecule has 0 spiro atoms. The van der Waals surface area contributed by atoms with Gasteiger partial charge in [0.05, 0.1) is 16.1 Å². The Hall–Kier alpha value is -2.97. The van der Waals surface area contributed by atoms with E-state index in [4.69, 9.17) is 0 Å². The molecule has 0 saturated carbocycles. The molecule has 0 N–H and O–H groups in total. The molecule has 0 saturated heterocycles. The Morgan fingerprint density at radius 3 is 2.24 bits per heavy atom. The van der Waals surface area contributed by atoms with Gasteiger partial charge in [-0.2, -0.15) is 18.2 Å². The number of aromatic nitrogens is 1. The van der Waals surface area contributed by atoms with Crippen molar-refractivity contribution in [2.45, 2.75) is 6.18 Å². The van der Waals surface area contributed by atoms with Gasteiger partial charge >= 0.3 is 6.18 Å². The van der Waals surface area contributed by atoms with Gasteiger partial charge in [-0.25, -0.2) is 0 Å². The molecule has 2 heterocycles. The molecule has 0 aliphatic heterocycles. The topological polar surface area (TPSA) is 34.4 Å². The number of rotatable bonds is 3. The first kappa shape index (κ1) is 19.4. The predicted octanol–water partition coefficient (Wildman–Crippen LogP) is 6.03.